The van der Waals surface area contributed by atoms with Crippen LogP contribution in [0.4, 0.5) is 0 Å². The first kappa shape index (κ1) is 18.9. The zero-order valence-electron chi connectivity index (χ0n) is 16.0. The number of aryl methyl sites for hydroxylation is 2. The second-order valence-electron chi connectivity index (χ2n) is 6.96. The average Bonchev–Trinajstić information content (AvgIpc) is 2.87. The van der Waals surface area contributed by atoms with Crippen molar-refractivity contribution >= 4 is 10.2 Å². The smallest absolute Gasteiger partial charge is 0.272 e. The molecule has 142 valence electrons. The lowest BCUT2D eigenvalue weighted by Crippen LogP contribution is -2.44. The van der Waals surface area contributed by atoms with Crippen LogP contribution in [0.25, 0.3) is 11.3 Å². The van der Waals surface area contributed by atoms with Gasteiger partial charge in [0, 0.05) is 57.6 Å². The molecular weight excluding hydrogens is 352 g/mol. The van der Waals surface area contributed by atoms with Gasteiger partial charge in [-0.25, -0.2) is 0 Å². The van der Waals surface area contributed by atoms with E-state index >= 15 is 0 Å². The van der Waals surface area contributed by atoms with Crippen molar-refractivity contribution in [3.8, 4) is 11.3 Å². The van der Waals surface area contributed by atoms with Crippen molar-refractivity contribution in [2.45, 2.75) is 32.6 Å². The highest BCUT2D eigenvalue weighted by atomic mass is 32.2. The normalized spacial score (nSPS) is 17.2. The summed E-state index contributed by atoms with van der Waals surface area (Å²) in [6.07, 6.45) is 5.13. The van der Waals surface area contributed by atoms with E-state index in [0.29, 0.717) is 13.1 Å². The number of nitrogens with zero attached hydrogens (tertiary/aromatic N) is 6. The molecule has 0 unspecified atom stereocenters. The topological polar surface area (TPSA) is 84.2 Å². The van der Waals surface area contributed by atoms with E-state index in [1.54, 1.807) is 20.3 Å². The van der Waals surface area contributed by atoms with Crippen LogP contribution in [0.3, 0.4) is 0 Å². The van der Waals surface area contributed by atoms with E-state index in [9.17, 15) is 8.42 Å². The average molecular weight is 379 g/mol. The number of piperidine rings is 1. The van der Waals surface area contributed by atoms with Crippen LogP contribution in [-0.4, -0.2) is 64.0 Å². The lowest BCUT2D eigenvalue weighted by Gasteiger charge is -2.32. The van der Waals surface area contributed by atoms with Crippen molar-refractivity contribution < 1.29 is 8.42 Å². The van der Waals surface area contributed by atoms with Gasteiger partial charge < -0.3 is 0 Å². The summed E-state index contributed by atoms with van der Waals surface area (Å²) in [6, 6.07) is 0. The van der Waals surface area contributed by atoms with Crippen LogP contribution in [0, 0.1) is 13.8 Å². The van der Waals surface area contributed by atoms with Gasteiger partial charge in [0.1, 0.15) is 0 Å². The molecule has 0 amide bonds. The molecule has 0 aliphatic carbocycles. The van der Waals surface area contributed by atoms with Gasteiger partial charge in [0.2, 0.25) is 0 Å². The summed E-state index contributed by atoms with van der Waals surface area (Å²) in [6.45, 7) is 5.01. The predicted molar refractivity (Wildman–Crippen MR) is 99.9 cm³/mol. The van der Waals surface area contributed by atoms with Gasteiger partial charge in [-0.15, -0.1) is 0 Å². The van der Waals surface area contributed by atoms with Crippen molar-refractivity contribution in [3.05, 3.63) is 29.5 Å². The Balaban J connectivity index is 1.73. The molecule has 0 aromatic carbocycles. The maximum Gasteiger partial charge on any atom is 0.281 e. The lowest BCUT2D eigenvalue weighted by molar-refractivity contribution is 0.300. The van der Waals surface area contributed by atoms with Crippen LogP contribution in [0.5, 0.6) is 0 Å². The fraction of sp³-hybridized carbons (Fsp3) is 0.588. The molecule has 1 aliphatic rings. The Morgan fingerprint density at radius 2 is 1.77 bits per heavy atom. The summed E-state index contributed by atoms with van der Waals surface area (Å²) < 4.78 is 29.1. The molecule has 2 aromatic heterocycles. The Morgan fingerprint density at radius 3 is 2.23 bits per heavy atom. The van der Waals surface area contributed by atoms with Gasteiger partial charge >= 0.3 is 0 Å². The molecule has 1 fully saturated rings. The van der Waals surface area contributed by atoms with Crippen molar-refractivity contribution in [2.24, 2.45) is 7.05 Å². The fourth-order valence-corrected chi connectivity index (χ4v) is 4.57. The first-order valence-corrected chi connectivity index (χ1v) is 10.1. The summed E-state index contributed by atoms with van der Waals surface area (Å²) >= 11 is 0. The molecule has 2 aromatic rings. The van der Waals surface area contributed by atoms with Gasteiger partial charge in [0.15, 0.2) is 0 Å². The van der Waals surface area contributed by atoms with Gasteiger partial charge in [0.25, 0.3) is 10.2 Å². The molecular formula is C17H26N6O2S. The molecule has 1 saturated heterocycles. The number of rotatable bonds is 4. The summed E-state index contributed by atoms with van der Waals surface area (Å²) in [5, 5.41) is 4.43. The molecule has 3 heterocycles. The Hall–Kier alpha value is -1.84. The molecule has 26 heavy (non-hydrogen) atoms. The molecule has 0 N–H and O–H groups in total. The standard InChI is InChI=1S/C17H26N6O2S/c1-12-17(13(2)22(5)20-12)16-11-18-15(10-19-16)14-6-8-23(9-7-14)26(24,25)21(3)4/h10-11,14H,6-9H2,1-5H3. The van der Waals surface area contributed by atoms with E-state index in [4.69, 9.17) is 0 Å². The Bertz CT molecular complexity index is 881. The Labute approximate surface area is 155 Å². The minimum absolute atomic E-state index is 0.237. The zero-order chi connectivity index (χ0) is 19.1. The monoisotopic (exact) mass is 378 g/mol. The summed E-state index contributed by atoms with van der Waals surface area (Å²) in [5.74, 6) is 0.237. The van der Waals surface area contributed by atoms with E-state index in [2.05, 4.69) is 15.1 Å². The van der Waals surface area contributed by atoms with Crippen LogP contribution in [0.15, 0.2) is 12.4 Å². The summed E-state index contributed by atoms with van der Waals surface area (Å²) in [5.41, 5.74) is 4.78. The maximum atomic E-state index is 12.2. The van der Waals surface area contributed by atoms with Gasteiger partial charge in [-0.05, 0) is 26.7 Å². The van der Waals surface area contributed by atoms with E-state index < -0.39 is 10.2 Å². The highest BCUT2D eigenvalue weighted by Crippen LogP contribution is 2.29. The first-order valence-electron chi connectivity index (χ1n) is 8.72. The molecule has 1 aliphatic heterocycles. The third-order valence-corrected chi connectivity index (χ3v) is 7.04. The molecule has 0 spiro atoms. The maximum absolute atomic E-state index is 12.2. The number of hydrogen-bond donors (Lipinski definition) is 0. The second kappa shape index (κ2) is 7.05. The molecule has 3 rings (SSSR count). The third kappa shape index (κ3) is 3.38. The molecule has 0 radical (unpaired) electrons. The van der Waals surface area contributed by atoms with Gasteiger partial charge in [-0.3, -0.25) is 14.6 Å². The van der Waals surface area contributed by atoms with Crippen molar-refractivity contribution in [1.82, 2.24) is 28.4 Å². The Kier molecular flexibility index (Phi) is 5.14. The fourth-order valence-electron chi connectivity index (χ4n) is 3.44. The van der Waals surface area contributed by atoms with Crippen LogP contribution in [-0.2, 0) is 17.3 Å². The minimum atomic E-state index is -3.33. The third-order valence-electron chi connectivity index (χ3n) is 5.10. The van der Waals surface area contributed by atoms with Gasteiger partial charge in [0.05, 0.1) is 23.3 Å². The van der Waals surface area contributed by atoms with Gasteiger partial charge in [-0.2, -0.15) is 22.1 Å². The molecule has 0 atom stereocenters. The zero-order valence-corrected chi connectivity index (χ0v) is 16.8. The molecule has 9 heteroatoms. The second-order valence-corrected chi connectivity index (χ2v) is 9.10. The van der Waals surface area contributed by atoms with E-state index in [-0.39, 0.29) is 5.92 Å². The highest BCUT2D eigenvalue weighted by Gasteiger charge is 2.30. The highest BCUT2D eigenvalue weighted by molar-refractivity contribution is 7.86. The van der Waals surface area contributed by atoms with Crippen LogP contribution in [0.1, 0.15) is 35.8 Å². The van der Waals surface area contributed by atoms with E-state index in [0.717, 1.165) is 41.2 Å². The van der Waals surface area contributed by atoms with Crippen LogP contribution in [0.2, 0.25) is 0 Å². The SMILES string of the molecule is Cc1nn(C)c(C)c1-c1cnc(C2CCN(S(=O)(=O)N(C)C)CC2)cn1. The quantitative estimate of drug-likeness (QED) is 0.805. The lowest BCUT2D eigenvalue weighted by atomic mass is 9.95. The van der Waals surface area contributed by atoms with Crippen molar-refractivity contribution in [2.75, 3.05) is 27.2 Å². The first-order chi connectivity index (χ1) is 12.2. The minimum Gasteiger partial charge on any atom is -0.272 e. The number of hydrogen-bond acceptors (Lipinski definition) is 5. The molecule has 0 saturated carbocycles. The number of aromatic nitrogens is 4. The molecule has 0 bridgehead atoms. The van der Waals surface area contributed by atoms with E-state index in [1.165, 1.54) is 8.61 Å². The predicted octanol–water partition coefficient (Wildman–Crippen LogP) is 1.48. The van der Waals surface area contributed by atoms with E-state index in [1.807, 2.05) is 31.8 Å². The van der Waals surface area contributed by atoms with Gasteiger partial charge in [-0.1, -0.05) is 0 Å². The summed E-state index contributed by atoms with van der Waals surface area (Å²) in [7, 11) is 1.71. The van der Waals surface area contributed by atoms with Crippen molar-refractivity contribution in [3.63, 3.8) is 0 Å². The summed E-state index contributed by atoms with van der Waals surface area (Å²) in [4.78, 5) is 9.21. The largest absolute Gasteiger partial charge is 0.281 e. The van der Waals surface area contributed by atoms with Crippen LogP contribution >= 0.6 is 0 Å². The Morgan fingerprint density at radius 1 is 1.12 bits per heavy atom. The van der Waals surface area contributed by atoms with Crippen molar-refractivity contribution in [1.29, 1.82) is 0 Å². The molecule has 8 nitrogen and oxygen atoms in total. The van der Waals surface area contributed by atoms with Crippen LogP contribution < -0.4 is 0 Å².